The Morgan fingerprint density at radius 2 is 2.06 bits per heavy atom. The Balaban J connectivity index is 1.93. The summed E-state index contributed by atoms with van der Waals surface area (Å²) in [5, 5.41) is 0. The monoisotopic (exact) mass is 259 g/mol. The lowest BCUT2D eigenvalue weighted by Gasteiger charge is -2.14. The van der Waals surface area contributed by atoms with Gasteiger partial charge in [0.15, 0.2) is 0 Å². The number of halogens is 3. The summed E-state index contributed by atoms with van der Waals surface area (Å²) in [6.45, 7) is 0.921. The lowest BCUT2D eigenvalue weighted by molar-refractivity contribution is -0.137. The second-order valence-corrected chi connectivity index (χ2v) is 4.71. The fourth-order valence-electron chi connectivity index (χ4n) is 1.69. The van der Waals surface area contributed by atoms with E-state index in [1.165, 1.54) is 18.9 Å². The summed E-state index contributed by atoms with van der Waals surface area (Å²) in [6.07, 6.45) is -1.97. The van der Waals surface area contributed by atoms with Gasteiger partial charge in [0, 0.05) is 6.61 Å². The highest BCUT2D eigenvalue weighted by molar-refractivity contribution is 5.27. The van der Waals surface area contributed by atoms with E-state index in [1.807, 2.05) is 0 Å². The maximum absolute atomic E-state index is 12.5. The summed E-state index contributed by atoms with van der Waals surface area (Å²) in [5.41, 5.74) is 5.61. The van der Waals surface area contributed by atoms with Crippen LogP contribution in [0.25, 0.3) is 0 Å². The van der Waals surface area contributed by atoms with Crippen molar-refractivity contribution >= 4 is 0 Å². The molecule has 0 amide bonds. The standard InChI is InChI=1S/C13H16F3NO/c14-13(15,16)11-3-1-2-10(6-11)12(17)8-18-7-9-4-5-9/h1-3,6,9,12H,4-5,7-8,17H2/t12-/m0/s1. The Hall–Kier alpha value is -1.07. The third-order valence-corrected chi connectivity index (χ3v) is 2.99. The molecule has 0 spiro atoms. The summed E-state index contributed by atoms with van der Waals surface area (Å²) in [6, 6.07) is 4.59. The fraction of sp³-hybridized carbons (Fsp3) is 0.538. The van der Waals surface area contributed by atoms with Crippen LogP contribution in [-0.2, 0) is 10.9 Å². The van der Waals surface area contributed by atoms with Crippen LogP contribution >= 0.6 is 0 Å². The van der Waals surface area contributed by atoms with Crippen molar-refractivity contribution < 1.29 is 17.9 Å². The van der Waals surface area contributed by atoms with Gasteiger partial charge >= 0.3 is 6.18 Å². The van der Waals surface area contributed by atoms with Crippen molar-refractivity contribution in [1.29, 1.82) is 0 Å². The molecule has 18 heavy (non-hydrogen) atoms. The summed E-state index contributed by atoms with van der Waals surface area (Å²) < 4.78 is 43.0. The van der Waals surface area contributed by atoms with Crippen LogP contribution in [0.5, 0.6) is 0 Å². The van der Waals surface area contributed by atoms with Gasteiger partial charge in [-0.3, -0.25) is 0 Å². The van der Waals surface area contributed by atoms with Gasteiger partial charge in [-0.2, -0.15) is 13.2 Å². The minimum atomic E-state index is -4.33. The smallest absolute Gasteiger partial charge is 0.379 e. The number of nitrogens with two attached hydrogens (primary N) is 1. The molecule has 0 aliphatic heterocycles. The third-order valence-electron chi connectivity index (χ3n) is 2.99. The second kappa shape index (κ2) is 5.28. The number of hydrogen-bond donors (Lipinski definition) is 1. The molecule has 0 saturated heterocycles. The second-order valence-electron chi connectivity index (χ2n) is 4.71. The molecule has 0 unspecified atom stereocenters. The van der Waals surface area contributed by atoms with Gasteiger partial charge in [-0.1, -0.05) is 12.1 Å². The largest absolute Gasteiger partial charge is 0.416 e. The summed E-state index contributed by atoms with van der Waals surface area (Å²) in [7, 11) is 0. The SMILES string of the molecule is N[C@@H](COCC1CC1)c1cccc(C(F)(F)F)c1. The van der Waals surface area contributed by atoms with Crippen LogP contribution in [0, 0.1) is 5.92 Å². The average molecular weight is 259 g/mol. The zero-order valence-corrected chi connectivity index (χ0v) is 9.91. The normalized spacial score (nSPS) is 17.8. The van der Waals surface area contributed by atoms with Gasteiger partial charge in [-0.15, -0.1) is 0 Å². The molecule has 2 nitrogen and oxygen atoms in total. The molecule has 1 saturated carbocycles. The highest BCUT2D eigenvalue weighted by atomic mass is 19.4. The molecular formula is C13H16F3NO. The topological polar surface area (TPSA) is 35.2 Å². The molecule has 1 aromatic rings. The Labute approximate surface area is 104 Å². The molecule has 2 N–H and O–H groups in total. The summed E-state index contributed by atoms with van der Waals surface area (Å²) >= 11 is 0. The van der Waals surface area contributed by atoms with Crippen molar-refractivity contribution in [2.24, 2.45) is 11.7 Å². The van der Waals surface area contributed by atoms with E-state index < -0.39 is 17.8 Å². The van der Waals surface area contributed by atoms with Crippen LogP contribution in [-0.4, -0.2) is 13.2 Å². The number of rotatable bonds is 5. The summed E-state index contributed by atoms with van der Waals surface area (Å²) in [4.78, 5) is 0. The minimum absolute atomic E-state index is 0.262. The van der Waals surface area contributed by atoms with Crippen molar-refractivity contribution in [2.45, 2.75) is 25.1 Å². The Kier molecular flexibility index (Phi) is 3.92. The molecule has 100 valence electrons. The van der Waals surface area contributed by atoms with Crippen LogP contribution in [0.2, 0.25) is 0 Å². The average Bonchev–Trinajstić information content (AvgIpc) is 3.12. The van der Waals surface area contributed by atoms with Crippen molar-refractivity contribution in [3.63, 3.8) is 0 Å². The highest BCUT2D eigenvalue weighted by Gasteiger charge is 2.30. The van der Waals surface area contributed by atoms with Gasteiger partial charge in [-0.05, 0) is 36.5 Å². The first-order valence-electron chi connectivity index (χ1n) is 5.97. The molecule has 1 aliphatic carbocycles. The Morgan fingerprint density at radius 1 is 1.33 bits per heavy atom. The zero-order chi connectivity index (χ0) is 13.2. The number of ether oxygens (including phenoxy) is 1. The van der Waals surface area contributed by atoms with E-state index >= 15 is 0 Å². The van der Waals surface area contributed by atoms with E-state index in [0.29, 0.717) is 18.1 Å². The molecule has 0 aromatic heterocycles. The third kappa shape index (κ3) is 3.71. The number of hydrogen-bond acceptors (Lipinski definition) is 2. The van der Waals surface area contributed by atoms with E-state index in [2.05, 4.69) is 0 Å². The van der Waals surface area contributed by atoms with Gasteiger partial charge in [0.25, 0.3) is 0 Å². The first kappa shape index (κ1) is 13.4. The van der Waals surface area contributed by atoms with Gasteiger partial charge in [0.05, 0.1) is 18.2 Å². The lowest BCUT2D eigenvalue weighted by atomic mass is 10.0. The fourth-order valence-corrected chi connectivity index (χ4v) is 1.69. The maximum Gasteiger partial charge on any atom is 0.416 e. The molecule has 1 atom stereocenters. The molecule has 0 bridgehead atoms. The van der Waals surface area contributed by atoms with Gasteiger partial charge in [0.2, 0.25) is 0 Å². The van der Waals surface area contributed by atoms with E-state index in [1.54, 1.807) is 6.07 Å². The first-order chi connectivity index (χ1) is 8.47. The van der Waals surface area contributed by atoms with Crippen LogP contribution in [0.3, 0.4) is 0 Å². The number of benzene rings is 1. The van der Waals surface area contributed by atoms with Crippen LogP contribution in [0.15, 0.2) is 24.3 Å². The van der Waals surface area contributed by atoms with Crippen LogP contribution < -0.4 is 5.73 Å². The van der Waals surface area contributed by atoms with Crippen molar-refractivity contribution in [2.75, 3.05) is 13.2 Å². The Bertz CT molecular complexity index is 401. The van der Waals surface area contributed by atoms with Gasteiger partial charge < -0.3 is 10.5 Å². The molecule has 5 heteroatoms. The lowest BCUT2D eigenvalue weighted by Crippen LogP contribution is -2.18. The van der Waals surface area contributed by atoms with E-state index in [0.717, 1.165) is 12.1 Å². The highest BCUT2D eigenvalue weighted by Crippen LogP contribution is 2.31. The molecule has 0 radical (unpaired) electrons. The number of alkyl halides is 3. The van der Waals surface area contributed by atoms with E-state index in [4.69, 9.17) is 10.5 Å². The molecule has 0 heterocycles. The van der Waals surface area contributed by atoms with Crippen molar-refractivity contribution in [1.82, 2.24) is 0 Å². The summed E-state index contributed by atoms with van der Waals surface area (Å²) in [5.74, 6) is 0.624. The van der Waals surface area contributed by atoms with Gasteiger partial charge in [0.1, 0.15) is 0 Å². The van der Waals surface area contributed by atoms with Crippen LogP contribution in [0.4, 0.5) is 13.2 Å². The molecular weight excluding hydrogens is 243 g/mol. The van der Waals surface area contributed by atoms with Crippen molar-refractivity contribution in [3.05, 3.63) is 35.4 Å². The molecule has 1 aliphatic rings. The zero-order valence-electron chi connectivity index (χ0n) is 9.91. The van der Waals surface area contributed by atoms with Crippen molar-refractivity contribution in [3.8, 4) is 0 Å². The molecule has 1 fully saturated rings. The molecule has 1 aromatic carbocycles. The van der Waals surface area contributed by atoms with E-state index in [-0.39, 0.29) is 6.61 Å². The quantitative estimate of drug-likeness (QED) is 0.881. The predicted octanol–water partition coefficient (Wildman–Crippen LogP) is 3.13. The Morgan fingerprint density at radius 3 is 2.67 bits per heavy atom. The maximum atomic E-state index is 12.5. The minimum Gasteiger partial charge on any atom is -0.379 e. The molecule has 2 rings (SSSR count). The van der Waals surface area contributed by atoms with Crippen LogP contribution in [0.1, 0.15) is 30.0 Å². The first-order valence-corrected chi connectivity index (χ1v) is 5.97. The predicted molar refractivity (Wildman–Crippen MR) is 61.9 cm³/mol. The van der Waals surface area contributed by atoms with E-state index in [9.17, 15) is 13.2 Å². The van der Waals surface area contributed by atoms with Gasteiger partial charge in [-0.25, -0.2) is 0 Å².